The average Bonchev–Trinajstić information content (AvgIpc) is 2.85. The van der Waals surface area contributed by atoms with Crippen molar-refractivity contribution in [1.29, 1.82) is 0 Å². The van der Waals surface area contributed by atoms with Crippen molar-refractivity contribution in [2.75, 3.05) is 54.3 Å². The molecule has 10 heteroatoms. The van der Waals surface area contributed by atoms with Gasteiger partial charge < -0.3 is 0 Å². The first-order valence-corrected chi connectivity index (χ1v) is 17.8. The molecule has 0 aromatic rings. The number of hydrogen-bond donors (Lipinski definition) is 0. The molecule has 0 saturated carbocycles. The Kier molecular flexibility index (Phi) is 33.4. The van der Waals surface area contributed by atoms with Crippen molar-refractivity contribution in [2.45, 2.75) is 97.8 Å². The van der Waals surface area contributed by atoms with Crippen molar-refractivity contribution in [1.82, 2.24) is 0 Å². The lowest BCUT2D eigenvalue weighted by Crippen LogP contribution is -2.05. The maximum absolute atomic E-state index is 5.28. The van der Waals surface area contributed by atoms with Crippen LogP contribution in [0.5, 0.6) is 0 Å². The van der Waals surface area contributed by atoms with Gasteiger partial charge in [0.15, 0.2) is 0 Å². The fraction of sp³-hybridized carbons (Fsp3) is 1.00. The van der Waals surface area contributed by atoms with Gasteiger partial charge in [0.25, 0.3) is 0 Å². The minimum Gasteiger partial charge on any atom is -0.228 e. The molecule has 206 valence electrons. The Bertz CT molecular complexity index is 323. The van der Waals surface area contributed by atoms with E-state index in [4.69, 9.17) is 28.7 Å². The summed E-state index contributed by atoms with van der Waals surface area (Å²) in [7, 11) is -1.85. The van der Waals surface area contributed by atoms with E-state index < -0.39 is 8.60 Å². The van der Waals surface area contributed by atoms with E-state index in [2.05, 4.69) is 20.8 Å². The number of rotatable bonds is 30. The first-order chi connectivity index (χ1) is 16.8. The smallest absolute Gasteiger partial charge is 0.228 e. The predicted octanol–water partition coefficient (Wildman–Crippen LogP) is 9.00. The molecule has 0 atom stereocenters. The molecule has 0 aromatic carbocycles. The highest BCUT2D eigenvalue weighted by Gasteiger charge is 2.17. The van der Waals surface area contributed by atoms with Gasteiger partial charge in [-0.05, 0) is 36.5 Å². The van der Waals surface area contributed by atoms with Gasteiger partial charge in [-0.25, -0.2) is 14.7 Å². The third kappa shape index (κ3) is 29.5. The fourth-order valence-electron chi connectivity index (χ4n) is 2.76. The molecule has 0 aliphatic rings. The summed E-state index contributed by atoms with van der Waals surface area (Å²) in [6.07, 6.45) is 15.4. The van der Waals surface area contributed by atoms with Gasteiger partial charge in [0, 0.05) is 17.3 Å². The molecule has 34 heavy (non-hydrogen) atoms. The van der Waals surface area contributed by atoms with E-state index in [0.29, 0.717) is 19.8 Å². The Morgan fingerprint density at radius 3 is 1.03 bits per heavy atom. The monoisotopic (exact) mass is 562 g/mol. The highest BCUT2D eigenvalue weighted by molar-refractivity contribution is 7.99. The van der Waals surface area contributed by atoms with Crippen LogP contribution < -0.4 is 0 Å². The second-order valence-electron chi connectivity index (χ2n) is 7.93. The van der Waals surface area contributed by atoms with Gasteiger partial charge in [-0.2, -0.15) is 35.3 Å². The van der Waals surface area contributed by atoms with E-state index in [1.54, 1.807) is 0 Å². The zero-order valence-electron chi connectivity index (χ0n) is 22.0. The summed E-state index contributed by atoms with van der Waals surface area (Å²) in [6, 6.07) is 0. The number of thioether (sulfide) groups is 3. The standard InChI is InChI=1S/C24H51O6PS3/c1-4-7-10-13-19-32-22-16-25-28-31(29-26-17-23-33-20-14-11-8-5-2)30-27-18-24-34-21-15-12-9-6-3/h4-24H2,1-3H3. The minimum absolute atomic E-state index is 0.477. The van der Waals surface area contributed by atoms with Crippen LogP contribution in [0.1, 0.15) is 97.8 Å². The van der Waals surface area contributed by atoms with E-state index in [1.807, 2.05) is 35.3 Å². The Labute approximate surface area is 224 Å². The number of unbranched alkanes of at least 4 members (excludes halogenated alkanes) is 9. The van der Waals surface area contributed by atoms with Crippen LogP contribution in [-0.4, -0.2) is 54.3 Å². The zero-order valence-corrected chi connectivity index (χ0v) is 25.3. The van der Waals surface area contributed by atoms with Crippen LogP contribution >= 0.6 is 43.9 Å². The van der Waals surface area contributed by atoms with Crippen LogP contribution in [0, 0.1) is 0 Å². The molecule has 0 aliphatic heterocycles. The molecule has 0 radical (unpaired) electrons. The first kappa shape index (κ1) is 35.2. The molecule has 0 saturated heterocycles. The molecule has 0 aromatic heterocycles. The molecular formula is C24H51O6PS3. The fourth-order valence-corrected chi connectivity index (χ4v) is 5.71. The van der Waals surface area contributed by atoms with Gasteiger partial charge in [0.05, 0.1) is 19.8 Å². The van der Waals surface area contributed by atoms with E-state index in [-0.39, 0.29) is 0 Å². The molecular weight excluding hydrogens is 511 g/mol. The van der Waals surface area contributed by atoms with Crippen molar-refractivity contribution in [2.24, 2.45) is 0 Å². The van der Waals surface area contributed by atoms with Gasteiger partial charge >= 0.3 is 8.60 Å². The molecule has 0 bridgehead atoms. The molecule has 0 amide bonds. The predicted molar refractivity (Wildman–Crippen MR) is 152 cm³/mol. The van der Waals surface area contributed by atoms with Gasteiger partial charge in [0.2, 0.25) is 0 Å². The second kappa shape index (κ2) is 32.3. The molecule has 0 spiro atoms. The third-order valence-electron chi connectivity index (χ3n) is 4.70. The molecule has 0 fully saturated rings. The van der Waals surface area contributed by atoms with Crippen molar-refractivity contribution in [3.63, 3.8) is 0 Å². The summed E-state index contributed by atoms with van der Waals surface area (Å²) in [5.74, 6) is 6.10. The van der Waals surface area contributed by atoms with Crippen LogP contribution in [0.15, 0.2) is 0 Å². The summed E-state index contributed by atoms with van der Waals surface area (Å²) in [5.41, 5.74) is 0. The van der Waals surface area contributed by atoms with Gasteiger partial charge in [-0.3, -0.25) is 0 Å². The SMILES string of the molecule is CCCCCCSCCOOP(OOCCSCCCCCC)OOCCSCCCCCC. The van der Waals surface area contributed by atoms with Crippen molar-refractivity contribution >= 4 is 43.9 Å². The third-order valence-corrected chi connectivity index (χ3v) is 8.48. The largest absolute Gasteiger partial charge is 0.421 e. The lowest BCUT2D eigenvalue weighted by Gasteiger charge is -2.13. The highest BCUT2D eigenvalue weighted by atomic mass is 32.2. The summed E-state index contributed by atoms with van der Waals surface area (Å²) < 4.78 is 15.8. The summed E-state index contributed by atoms with van der Waals surface area (Å²) in [6.45, 7) is 8.13. The summed E-state index contributed by atoms with van der Waals surface area (Å²) in [5, 5.41) is 0. The lowest BCUT2D eigenvalue weighted by atomic mass is 10.2. The van der Waals surface area contributed by atoms with E-state index in [0.717, 1.165) is 34.5 Å². The van der Waals surface area contributed by atoms with E-state index in [1.165, 1.54) is 77.0 Å². The maximum Gasteiger partial charge on any atom is 0.421 e. The van der Waals surface area contributed by atoms with Crippen LogP contribution in [0.2, 0.25) is 0 Å². The van der Waals surface area contributed by atoms with Crippen LogP contribution in [0.25, 0.3) is 0 Å². The first-order valence-electron chi connectivity index (χ1n) is 13.3. The zero-order chi connectivity index (χ0) is 24.8. The second-order valence-corrected chi connectivity index (χ2v) is 12.5. The normalized spacial score (nSPS) is 11.6. The van der Waals surface area contributed by atoms with Gasteiger partial charge in [-0.1, -0.05) is 78.6 Å². The Morgan fingerprint density at radius 2 is 0.735 bits per heavy atom. The molecule has 0 aliphatic carbocycles. The van der Waals surface area contributed by atoms with Crippen LogP contribution in [0.3, 0.4) is 0 Å². The quantitative estimate of drug-likeness (QED) is 0.0369. The Hall–Kier alpha value is 1.24. The molecule has 0 unspecified atom stereocenters. The van der Waals surface area contributed by atoms with E-state index >= 15 is 0 Å². The average molecular weight is 563 g/mol. The van der Waals surface area contributed by atoms with E-state index in [9.17, 15) is 0 Å². The molecule has 6 nitrogen and oxygen atoms in total. The molecule has 0 N–H and O–H groups in total. The van der Waals surface area contributed by atoms with Gasteiger partial charge in [0.1, 0.15) is 0 Å². The van der Waals surface area contributed by atoms with Crippen molar-refractivity contribution in [3.05, 3.63) is 0 Å². The topological polar surface area (TPSA) is 55.4 Å². The highest BCUT2D eigenvalue weighted by Crippen LogP contribution is 2.40. The minimum atomic E-state index is -1.85. The Morgan fingerprint density at radius 1 is 0.412 bits per heavy atom. The summed E-state index contributed by atoms with van der Waals surface area (Å²) in [4.78, 5) is 15.8. The number of hydrogen-bond acceptors (Lipinski definition) is 9. The molecule has 0 rings (SSSR count). The lowest BCUT2D eigenvalue weighted by molar-refractivity contribution is -0.306. The maximum atomic E-state index is 5.28. The van der Waals surface area contributed by atoms with Crippen LogP contribution in [0.4, 0.5) is 0 Å². The van der Waals surface area contributed by atoms with Crippen molar-refractivity contribution < 1.29 is 28.7 Å². The Balaban J connectivity index is 3.85. The van der Waals surface area contributed by atoms with Crippen molar-refractivity contribution in [3.8, 4) is 0 Å². The summed E-state index contributed by atoms with van der Waals surface area (Å²) >= 11 is 5.63. The van der Waals surface area contributed by atoms with Gasteiger partial charge in [-0.15, -0.1) is 14.0 Å². The van der Waals surface area contributed by atoms with Crippen LogP contribution in [-0.2, 0) is 28.7 Å². The molecule has 0 heterocycles.